The Kier molecular flexibility index (Phi) is 4.55. The summed E-state index contributed by atoms with van der Waals surface area (Å²) >= 11 is 0. The van der Waals surface area contributed by atoms with Crippen molar-refractivity contribution in [1.29, 1.82) is 0 Å². The van der Waals surface area contributed by atoms with Crippen LogP contribution in [0.4, 0.5) is 0 Å². The smallest absolute Gasteiger partial charge is 0.212 e. The summed E-state index contributed by atoms with van der Waals surface area (Å²) in [6, 6.07) is 0. The van der Waals surface area contributed by atoms with Crippen molar-refractivity contribution in [1.82, 2.24) is 4.72 Å². The van der Waals surface area contributed by atoms with E-state index in [1.807, 2.05) is 13.8 Å². The van der Waals surface area contributed by atoms with Crippen LogP contribution in [0.15, 0.2) is 0 Å². The molecule has 0 bridgehead atoms. The molecule has 5 heteroatoms. The minimum atomic E-state index is -3.29. The molecule has 0 heterocycles. The van der Waals surface area contributed by atoms with Crippen molar-refractivity contribution >= 4 is 10.0 Å². The predicted molar refractivity (Wildman–Crippen MR) is 57.5 cm³/mol. The zero-order valence-corrected chi connectivity index (χ0v) is 10.4. The number of rotatable bonds is 5. The van der Waals surface area contributed by atoms with Crippen LogP contribution in [0.5, 0.6) is 0 Å². The van der Waals surface area contributed by atoms with Gasteiger partial charge in [0.05, 0.1) is 17.4 Å². The normalized spacial score (nSPS) is 15.9. The molecule has 0 aromatic rings. The van der Waals surface area contributed by atoms with E-state index in [0.29, 0.717) is 0 Å². The molecule has 0 amide bonds. The Morgan fingerprint density at radius 1 is 1.29 bits per heavy atom. The third-order valence-corrected chi connectivity index (χ3v) is 3.96. The summed E-state index contributed by atoms with van der Waals surface area (Å²) in [5.74, 6) is 0.167. The largest absolute Gasteiger partial charge is 0.391 e. The van der Waals surface area contributed by atoms with Crippen molar-refractivity contribution in [2.45, 2.75) is 46.3 Å². The molecule has 1 unspecified atom stereocenters. The van der Waals surface area contributed by atoms with Crippen LogP contribution in [0.1, 0.15) is 34.6 Å². The summed E-state index contributed by atoms with van der Waals surface area (Å²) in [6.45, 7) is 8.58. The molecule has 0 aliphatic carbocycles. The van der Waals surface area contributed by atoms with Crippen LogP contribution in [0.3, 0.4) is 0 Å². The molecule has 0 spiro atoms. The van der Waals surface area contributed by atoms with Gasteiger partial charge in [0.2, 0.25) is 10.0 Å². The lowest BCUT2D eigenvalue weighted by Gasteiger charge is -2.29. The summed E-state index contributed by atoms with van der Waals surface area (Å²) in [4.78, 5) is 0. The molecule has 0 saturated heterocycles. The minimum Gasteiger partial charge on any atom is -0.391 e. The lowest BCUT2D eigenvalue weighted by molar-refractivity contribution is 0.111. The number of aliphatic hydroxyl groups is 1. The van der Waals surface area contributed by atoms with E-state index in [1.54, 1.807) is 20.8 Å². The Labute approximate surface area is 86.8 Å². The van der Waals surface area contributed by atoms with Crippen LogP contribution in [-0.4, -0.2) is 30.9 Å². The summed E-state index contributed by atoms with van der Waals surface area (Å²) in [7, 11) is -3.29. The maximum absolute atomic E-state index is 11.5. The first kappa shape index (κ1) is 13.9. The second-order valence-corrected chi connectivity index (χ2v) is 6.44. The Balaban J connectivity index is 4.52. The first-order valence-electron chi connectivity index (χ1n) is 4.76. The Bertz CT molecular complexity index is 268. The molecule has 1 atom stereocenters. The van der Waals surface area contributed by atoms with Crippen molar-refractivity contribution in [3.63, 3.8) is 0 Å². The number of hydrogen-bond acceptors (Lipinski definition) is 3. The second-order valence-electron chi connectivity index (χ2n) is 4.67. The molecular formula is C9H21NO3S. The van der Waals surface area contributed by atoms with Gasteiger partial charge in [-0.25, -0.2) is 13.1 Å². The molecule has 0 radical (unpaired) electrons. The highest BCUT2D eigenvalue weighted by Gasteiger charge is 2.29. The van der Waals surface area contributed by atoms with E-state index in [4.69, 9.17) is 0 Å². The van der Waals surface area contributed by atoms with Gasteiger partial charge in [-0.2, -0.15) is 0 Å². The standard InChI is InChI=1S/C9H21NO3S/c1-7(2)6-14(12,13)10-9(4,5)8(3)11/h7-8,10-11H,6H2,1-5H3. The van der Waals surface area contributed by atoms with Crippen molar-refractivity contribution in [3.8, 4) is 0 Å². The maximum Gasteiger partial charge on any atom is 0.212 e. The fraction of sp³-hybridized carbons (Fsp3) is 1.00. The Morgan fingerprint density at radius 3 is 2.00 bits per heavy atom. The summed E-state index contributed by atoms with van der Waals surface area (Å²) in [5, 5.41) is 9.35. The topological polar surface area (TPSA) is 66.4 Å². The molecule has 2 N–H and O–H groups in total. The molecule has 4 nitrogen and oxygen atoms in total. The zero-order chi connectivity index (χ0) is 11.6. The van der Waals surface area contributed by atoms with Gasteiger partial charge in [0.15, 0.2) is 0 Å². The summed E-state index contributed by atoms with van der Waals surface area (Å²) in [6.07, 6.45) is -0.718. The molecule has 0 aliphatic heterocycles. The van der Waals surface area contributed by atoms with E-state index in [9.17, 15) is 13.5 Å². The molecule has 0 fully saturated rings. The summed E-state index contributed by atoms with van der Waals surface area (Å²) < 4.78 is 25.6. The lowest BCUT2D eigenvalue weighted by Crippen LogP contribution is -2.51. The quantitative estimate of drug-likeness (QED) is 0.722. The van der Waals surface area contributed by atoms with Crippen LogP contribution in [0.25, 0.3) is 0 Å². The molecule has 0 rings (SSSR count). The number of hydrogen-bond donors (Lipinski definition) is 2. The third kappa shape index (κ3) is 4.93. The van der Waals surface area contributed by atoms with Crippen molar-refractivity contribution in [3.05, 3.63) is 0 Å². The van der Waals surface area contributed by atoms with Gasteiger partial charge >= 0.3 is 0 Å². The van der Waals surface area contributed by atoms with Crippen LogP contribution in [0.2, 0.25) is 0 Å². The van der Waals surface area contributed by atoms with Gasteiger partial charge in [-0.15, -0.1) is 0 Å². The second kappa shape index (κ2) is 4.59. The van der Waals surface area contributed by atoms with Crippen molar-refractivity contribution < 1.29 is 13.5 Å². The number of sulfonamides is 1. The van der Waals surface area contributed by atoms with E-state index < -0.39 is 21.7 Å². The Morgan fingerprint density at radius 2 is 1.71 bits per heavy atom. The molecule has 0 aromatic carbocycles. The van der Waals surface area contributed by atoms with Gasteiger partial charge in [0.1, 0.15) is 0 Å². The molecule has 0 aromatic heterocycles. The van der Waals surface area contributed by atoms with Crippen molar-refractivity contribution in [2.24, 2.45) is 5.92 Å². The van der Waals surface area contributed by atoms with Gasteiger partial charge in [-0.05, 0) is 26.7 Å². The molecule has 14 heavy (non-hydrogen) atoms. The third-order valence-electron chi connectivity index (χ3n) is 2.02. The fourth-order valence-electron chi connectivity index (χ4n) is 0.967. The first-order valence-corrected chi connectivity index (χ1v) is 6.42. The van der Waals surface area contributed by atoms with Crippen LogP contribution < -0.4 is 4.72 Å². The average molecular weight is 223 g/mol. The molecule has 86 valence electrons. The van der Waals surface area contributed by atoms with E-state index in [1.165, 1.54) is 0 Å². The highest BCUT2D eigenvalue weighted by Crippen LogP contribution is 2.11. The molecule has 0 aliphatic rings. The lowest BCUT2D eigenvalue weighted by atomic mass is 10.0. The SMILES string of the molecule is CC(C)CS(=O)(=O)NC(C)(C)C(C)O. The molecule has 0 saturated carbocycles. The number of nitrogens with one attached hydrogen (secondary N) is 1. The summed E-state index contributed by atoms with van der Waals surface area (Å²) in [5.41, 5.74) is -0.812. The van der Waals surface area contributed by atoms with Gasteiger partial charge in [-0.3, -0.25) is 0 Å². The zero-order valence-electron chi connectivity index (χ0n) is 9.53. The minimum absolute atomic E-state index is 0.0808. The number of aliphatic hydroxyl groups excluding tert-OH is 1. The van der Waals surface area contributed by atoms with E-state index in [0.717, 1.165) is 0 Å². The van der Waals surface area contributed by atoms with Crippen LogP contribution in [0, 0.1) is 5.92 Å². The highest BCUT2D eigenvalue weighted by molar-refractivity contribution is 7.89. The van der Waals surface area contributed by atoms with Crippen LogP contribution in [-0.2, 0) is 10.0 Å². The first-order chi connectivity index (χ1) is 6.07. The average Bonchev–Trinajstić information content (AvgIpc) is 1.79. The fourth-order valence-corrected chi connectivity index (χ4v) is 2.90. The van der Waals surface area contributed by atoms with Gasteiger partial charge in [0, 0.05) is 0 Å². The monoisotopic (exact) mass is 223 g/mol. The maximum atomic E-state index is 11.5. The Hall–Kier alpha value is -0.130. The van der Waals surface area contributed by atoms with E-state index in [2.05, 4.69) is 4.72 Å². The van der Waals surface area contributed by atoms with Crippen LogP contribution >= 0.6 is 0 Å². The highest BCUT2D eigenvalue weighted by atomic mass is 32.2. The molecular weight excluding hydrogens is 202 g/mol. The van der Waals surface area contributed by atoms with E-state index in [-0.39, 0.29) is 11.7 Å². The van der Waals surface area contributed by atoms with Gasteiger partial charge in [0.25, 0.3) is 0 Å². The van der Waals surface area contributed by atoms with Gasteiger partial charge in [-0.1, -0.05) is 13.8 Å². The van der Waals surface area contributed by atoms with E-state index >= 15 is 0 Å². The van der Waals surface area contributed by atoms with Crippen molar-refractivity contribution in [2.75, 3.05) is 5.75 Å². The van der Waals surface area contributed by atoms with Gasteiger partial charge < -0.3 is 5.11 Å². The predicted octanol–water partition coefficient (Wildman–Crippen LogP) is 0.721.